The van der Waals surface area contributed by atoms with E-state index in [1.165, 1.54) is 29.6 Å². The number of rotatable bonds is 8. The maximum absolute atomic E-state index is 12.9. The summed E-state index contributed by atoms with van der Waals surface area (Å²) in [7, 11) is -2.21. The third kappa shape index (κ3) is 4.46. The molecule has 0 bridgehead atoms. The summed E-state index contributed by atoms with van der Waals surface area (Å²) in [5.74, 6) is -0.351. The SMILES string of the molecule is CCN(CC)S(=O)(=O)c1ccc(OC)c(NC(=O)C2CC(=O)N(C3CCCC3)C2)c1. The number of hydrogen-bond donors (Lipinski definition) is 1. The number of likely N-dealkylation sites (tertiary alicyclic amines) is 1. The quantitative estimate of drug-likeness (QED) is 0.674. The molecule has 1 saturated carbocycles. The normalized spacial score (nSPS) is 20.2. The molecule has 1 heterocycles. The van der Waals surface area contributed by atoms with Crippen LogP contribution in [0.2, 0.25) is 0 Å². The predicted octanol–water partition coefficient (Wildman–Crippen LogP) is 2.46. The van der Waals surface area contributed by atoms with Gasteiger partial charge in [-0.15, -0.1) is 0 Å². The molecule has 0 radical (unpaired) electrons. The van der Waals surface area contributed by atoms with Crippen molar-refractivity contribution in [3.8, 4) is 5.75 Å². The van der Waals surface area contributed by atoms with Crippen LogP contribution in [-0.4, -0.2) is 62.2 Å². The van der Waals surface area contributed by atoms with Crippen molar-refractivity contribution in [2.75, 3.05) is 32.1 Å². The van der Waals surface area contributed by atoms with Crippen molar-refractivity contribution in [2.24, 2.45) is 5.92 Å². The first-order chi connectivity index (χ1) is 14.3. The van der Waals surface area contributed by atoms with Gasteiger partial charge in [0.15, 0.2) is 0 Å². The first kappa shape index (κ1) is 22.6. The second-order valence-electron chi connectivity index (χ2n) is 7.83. The number of hydrogen-bond acceptors (Lipinski definition) is 5. The highest BCUT2D eigenvalue weighted by Crippen LogP contribution is 2.32. The van der Waals surface area contributed by atoms with E-state index in [9.17, 15) is 18.0 Å². The Bertz CT molecular complexity index is 892. The Labute approximate surface area is 178 Å². The van der Waals surface area contributed by atoms with Crippen LogP contribution in [0.4, 0.5) is 5.69 Å². The number of carbonyl (C=O) groups excluding carboxylic acids is 2. The van der Waals surface area contributed by atoms with Gasteiger partial charge in [0.25, 0.3) is 0 Å². The van der Waals surface area contributed by atoms with E-state index in [0.29, 0.717) is 31.1 Å². The summed E-state index contributed by atoms with van der Waals surface area (Å²) in [6.45, 7) is 4.68. The molecule has 166 valence electrons. The van der Waals surface area contributed by atoms with Gasteiger partial charge < -0.3 is 15.0 Å². The molecular weight excluding hydrogens is 406 g/mol. The Hall–Kier alpha value is -2.13. The van der Waals surface area contributed by atoms with Crippen molar-refractivity contribution in [3.63, 3.8) is 0 Å². The van der Waals surface area contributed by atoms with Gasteiger partial charge in [0.05, 0.1) is 23.6 Å². The number of ether oxygens (including phenoxy) is 1. The summed E-state index contributed by atoms with van der Waals surface area (Å²) >= 11 is 0. The third-order valence-electron chi connectivity index (χ3n) is 6.07. The minimum Gasteiger partial charge on any atom is -0.495 e. The van der Waals surface area contributed by atoms with Gasteiger partial charge in [-0.3, -0.25) is 9.59 Å². The van der Waals surface area contributed by atoms with E-state index < -0.39 is 15.9 Å². The topological polar surface area (TPSA) is 96.0 Å². The molecule has 3 rings (SSSR count). The van der Waals surface area contributed by atoms with Crippen molar-refractivity contribution in [3.05, 3.63) is 18.2 Å². The zero-order valence-corrected chi connectivity index (χ0v) is 18.7. The van der Waals surface area contributed by atoms with E-state index in [0.717, 1.165) is 25.7 Å². The molecule has 1 atom stereocenters. The van der Waals surface area contributed by atoms with Gasteiger partial charge >= 0.3 is 0 Å². The summed E-state index contributed by atoms with van der Waals surface area (Å²) < 4.78 is 32.4. The van der Waals surface area contributed by atoms with Crippen LogP contribution in [0, 0.1) is 5.92 Å². The molecule has 2 amide bonds. The summed E-state index contributed by atoms with van der Waals surface area (Å²) in [4.78, 5) is 27.2. The van der Waals surface area contributed by atoms with Gasteiger partial charge in [-0.25, -0.2) is 8.42 Å². The molecular formula is C21H31N3O5S. The molecule has 1 saturated heterocycles. The fourth-order valence-corrected chi connectivity index (χ4v) is 5.85. The van der Waals surface area contributed by atoms with Gasteiger partial charge in [0.2, 0.25) is 21.8 Å². The number of sulfonamides is 1. The number of nitrogens with one attached hydrogen (secondary N) is 1. The van der Waals surface area contributed by atoms with E-state index in [2.05, 4.69) is 5.32 Å². The molecule has 0 spiro atoms. The van der Waals surface area contributed by atoms with Crippen LogP contribution < -0.4 is 10.1 Å². The molecule has 1 aliphatic carbocycles. The summed E-state index contributed by atoms with van der Waals surface area (Å²) in [5, 5.41) is 2.80. The average Bonchev–Trinajstić information content (AvgIpc) is 3.38. The molecule has 1 unspecified atom stereocenters. The Balaban J connectivity index is 1.78. The summed E-state index contributed by atoms with van der Waals surface area (Å²) in [6, 6.07) is 4.68. The molecule has 2 aliphatic rings. The van der Waals surface area contributed by atoms with Gasteiger partial charge in [-0.1, -0.05) is 26.7 Å². The molecule has 9 heteroatoms. The maximum atomic E-state index is 12.9. The third-order valence-corrected chi connectivity index (χ3v) is 8.11. The highest BCUT2D eigenvalue weighted by atomic mass is 32.2. The van der Waals surface area contributed by atoms with Crippen molar-refractivity contribution >= 4 is 27.5 Å². The molecule has 1 aromatic rings. The van der Waals surface area contributed by atoms with Crippen LogP contribution >= 0.6 is 0 Å². The van der Waals surface area contributed by atoms with Crippen molar-refractivity contribution in [1.82, 2.24) is 9.21 Å². The predicted molar refractivity (Wildman–Crippen MR) is 114 cm³/mol. The van der Waals surface area contributed by atoms with Gasteiger partial charge in [0.1, 0.15) is 5.75 Å². The molecule has 0 aromatic heterocycles. The lowest BCUT2D eigenvalue weighted by Crippen LogP contribution is -2.35. The van der Waals surface area contributed by atoms with E-state index in [4.69, 9.17) is 4.74 Å². The van der Waals surface area contributed by atoms with E-state index in [1.807, 2.05) is 4.90 Å². The highest BCUT2D eigenvalue weighted by molar-refractivity contribution is 7.89. The van der Waals surface area contributed by atoms with E-state index in [-0.39, 0.29) is 29.2 Å². The van der Waals surface area contributed by atoms with E-state index >= 15 is 0 Å². The van der Waals surface area contributed by atoms with Crippen molar-refractivity contribution in [2.45, 2.75) is 56.9 Å². The number of nitrogens with zero attached hydrogens (tertiary/aromatic N) is 2. The van der Waals surface area contributed by atoms with Crippen LogP contribution in [0.25, 0.3) is 0 Å². The van der Waals surface area contributed by atoms with Crippen molar-refractivity contribution in [1.29, 1.82) is 0 Å². The fraction of sp³-hybridized carbons (Fsp3) is 0.619. The smallest absolute Gasteiger partial charge is 0.243 e. The van der Waals surface area contributed by atoms with Crippen LogP contribution in [0.1, 0.15) is 46.0 Å². The minimum absolute atomic E-state index is 0.0203. The molecule has 1 aromatic carbocycles. The maximum Gasteiger partial charge on any atom is 0.243 e. The van der Waals surface area contributed by atoms with Gasteiger partial charge in [-0.2, -0.15) is 4.31 Å². The fourth-order valence-electron chi connectivity index (χ4n) is 4.37. The van der Waals surface area contributed by atoms with Crippen LogP contribution in [-0.2, 0) is 19.6 Å². The Morgan fingerprint density at radius 1 is 1.23 bits per heavy atom. The first-order valence-corrected chi connectivity index (χ1v) is 12.0. The minimum atomic E-state index is -3.67. The van der Waals surface area contributed by atoms with Gasteiger partial charge in [-0.05, 0) is 31.0 Å². The number of carbonyl (C=O) groups is 2. The zero-order valence-electron chi connectivity index (χ0n) is 17.9. The highest BCUT2D eigenvalue weighted by Gasteiger charge is 2.39. The lowest BCUT2D eigenvalue weighted by molar-refractivity contribution is -0.129. The number of amides is 2. The van der Waals surface area contributed by atoms with Crippen LogP contribution in [0.5, 0.6) is 5.75 Å². The Morgan fingerprint density at radius 2 is 1.90 bits per heavy atom. The zero-order chi connectivity index (χ0) is 21.9. The van der Waals surface area contributed by atoms with Crippen molar-refractivity contribution < 1.29 is 22.7 Å². The second kappa shape index (κ2) is 9.34. The Kier molecular flexibility index (Phi) is 7.02. The average molecular weight is 438 g/mol. The first-order valence-electron chi connectivity index (χ1n) is 10.6. The summed E-state index contributed by atoms with van der Waals surface area (Å²) in [6.07, 6.45) is 4.42. The molecule has 30 heavy (non-hydrogen) atoms. The molecule has 2 fully saturated rings. The standard InChI is InChI=1S/C21H31N3O5S/c1-4-23(5-2)30(27,28)17-10-11-19(29-3)18(13-17)22-21(26)15-12-20(25)24(14-15)16-8-6-7-9-16/h10-11,13,15-16H,4-9,12,14H2,1-3H3,(H,22,26). The number of methoxy groups -OCH3 is 1. The van der Waals surface area contributed by atoms with E-state index in [1.54, 1.807) is 13.8 Å². The van der Waals surface area contributed by atoms with Crippen LogP contribution in [0.15, 0.2) is 23.1 Å². The lowest BCUT2D eigenvalue weighted by atomic mass is 10.1. The summed E-state index contributed by atoms with van der Waals surface area (Å²) in [5.41, 5.74) is 0.294. The molecule has 8 nitrogen and oxygen atoms in total. The Morgan fingerprint density at radius 3 is 2.50 bits per heavy atom. The number of benzene rings is 1. The number of anilines is 1. The largest absolute Gasteiger partial charge is 0.495 e. The molecule has 1 N–H and O–H groups in total. The van der Waals surface area contributed by atoms with Gasteiger partial charge in [0, 0.05) is 32.1 Å². The van der Waals surface area contributed by atoms with Crippen LogP contribution in [0.3, 0.4) is 0 Å². The lowest BCUT2D eigenvalue weighted by Gasteiger charge is -2.24. The second-order valence-corrected chi connectivity index (χ2v) is 9.76. The monoisotopic (exact) mass is 437 g/mol. The molecule has 1 aliphatic heterocycles.